The molecule has 1 aliphatic rings. The predicted molar refractivity (Wildman–Crippen MR) is 101 cm³/mol. The Kier molecular flexibility index (Phi) is 7.53. The standard InChI is InChI=1S/C17H26ClN3OS/c1-3-19-17(21-9-7-15(22)8-10-21)20-12-16(23-2)13-5-4-6-14(18)11-13/h4-6,11,15-16,22H,3,7-10,12H2,1-2H3,(H,19,20). The van der Waals surface area contributed by atoms with Gasteiger partial charge in [-0.15, -0.1) is 0 Å². The van der Waals surface area contributed by atoms with Gasteiger partial charge in [0.1, 0.15) is 0 Å². The summed E-state index contributed by atoms with van der Waals surface area (Å²) in [5.74, 6) is 0.945. The molecule has 1 fully saturated rings. The van der Waals surface area contributed by atoms with Crippen LogP contribution in [-0.2, 0) is 0 Å². The number of hydrogen-bond donors (Lipinski definition) is 2. The number of guanidine groups is 1. The van der Waals surface area contributed by atoms with Gasteiger partial charge in [-0.25, -0.2) is 0 Å². The highest BCUT2D eigenvalue weighted by molar-refractivity contribution is 7.98. The van der Waals surface area contributed by atoms with Crippen LogP contribution in [-0.4, -0.2) is 54.5 Å². The normalized spacial score (nSPS) is 18.1. The fraction of sp³-hybridized carbons (Fsp3) is 0.588. The van der Waals surface area contributed by atoms with Crippen LogP contribution in [0.1, 0.15) is 30.6 Å². The Morgan fingerprint density at radius 2 is 2.22 bits per heavy atom. The molecular formula is C17H26ClN3OS. The van der Waals surface area contributed by atoms with Crippen molar-refractivity contribution in [3.8, 4) is 0 Å². The number of aliphatic hydroxyl groups excluding tert-OH is 1. The minimum Gasteiger partial charge on any atom is -0.393 e. The Labute approximate surface area is 148 Å². The van der Waals surface area contributed by atoms with Gasteiger partial charge >= 0.3 is 0 Å². The molecule has 1 aliphatic heterocycles. The second kappa shape index (κ2) is 9.40. The van der Waals surface area contributed by atoms with E-state index in [9.17, 15) is 5.11 Å². The second-order valence-corrected chi connectivity index (χ2v) is 7.17. The smallest absolute Gasteiger partial charge is 0.193 e. The van der Waals surface area contributed by atoms with E-state index in [0.29, 0.717) is 6.54 Å². The summed E-state index contributed by atoms with van der Waals surface area (Å²) in [7, 11) is 0. The maximum atomic E-state index is 9.67. The van der Waals surface area contributed by atoms with Crippen molar-refractivity contribution in [2.75, 3.05) is 32.4 Å². The minimum atomic E-state index is -0.167. The molecule has 6 heteroatoms. The van der Waals surface area contributed by atoms with Gasteiger partial charge in [-0.05, 0) is 43.7 Å². The van der Waals surface area contributed by atoms with Crippen molar-refractivity contribution < 1.29 is 5.11 Å². The van der Waals surface area contributed by atoms with E-state index in [-0.39, 0.29) is 11.4 Å². The summed E-state index contributed by atoms with van der Waals surface area (Å²) >= 11 is 7.89. The Morgan fingerprint density at radius 3 is 2.83 bits per heavy atom. The topological polar surface area (TPSA) is 47.9 Å². The number of aliphatic hydroxyl groups is 1. The van der Waals surface area contributed by atoms with Crippen molar-refractivity contribution in [1.29, 1.82) is 0 Å². The molecule has 1 atom stereocenters. The van der Waals surface area contributed by atoms with Crippen LogP contribution in [0.3, 0.4) is 0 Å². The number of benzene rings is 1. The van der Waals surface area contributed by atoms with Crippen LogP contribution < -0.4 is 5.32 Å². The Hall–Kier alpha value is -0.910. The van der Waals surface area contributed by atoms with E-state index in [1.165, 1.54) is 5.56 Å². The number of halogens is 1. The molecule has 0 saturated carbocycles. The van der Waals surface area contributed by atoms with Crippen LogP contribution in [0.5, 0.6) is 0 Å². The maximum Gasteiger partial charge on any atom is 0.193 e. The van der Waals surface area contributed by atoms with Crippen LogP contribution in [0.4, 0.5) is 0 Å². The van der Waals surface area contributed by atoms with E-state index in [1.807, 2.05) is 18.2 Å². The molecule has 0 spiro atoms. The summed E-state index contributed by atoms with van der Waals surface area (Å²) in [5, 5.41) is 14.1. The predicted octanol–water partition coefficient (Wildman–Crippen LogP) is 3.17. The summed E-state index contributed by atoms with van der Waals surface area (Å²) in [6.07, 6.45) is 3.56. The zero-order valence-corrected chi connectivity index (χ0v) is 15.4. The molecule has 1 aromatic rings. The van der Waals surface area contributed by atoms with E-state index < -0.39 is 0 Å². The van der Waals surface area contributed by atoms with Gasteiger partial charge in [-0.1, -0.05) is 23.7 Å². The average Bonchev–Trinajstić information content (AvgIpc) is 2.55. The first-order valence-electron chi connectivity index (χ1n) is 8.13. The van der Waals surface area contributed by atoms with Crippen LogP contribution in [0.15, 0.2) is 29.3 Å². The molecule has 0 radical (unpaired) electrons. The Bertz CT molecular complexity index is 518. The van der Waals surface area contributed by atoms with Crippen molar-refractivity contribution in [1.82, 2.24) is 10.2 Å². The molecule has 1 saturated heterocycles. The van der Waals surface area contributed by atoms with E-state index in [1.54, 1.807) is 11.8 Å². The third kappa shape index (κ3) is 5.59. The molecule has 23 heavy (non-hydrogen) atoms. The van der Waals surface area contributed by atoms with Crippen molar-refractivity contribution in [2.45, 2.75) is 31.1 Å². The third-order valence-electron chi connectivity index (χ3n) is 4.01. The number of likely N-dealkylation sites (tertiary alicyclic amines) is 1. The van der Waals surface area contributed by atoms with Gasteiger partial charge in [0.25, 0.3) is 0 Å². The molecule has 2 N–H and O–H groups in total. The maximum absolute atomic E-state index is 9.67. The first kappa shape index (κ1) is 18.4. The number of rotatable bonds is 5. The van der Waals surface area contributed by atoms with E-state index in [2.05, 4.69) is 29.5 Å². The lowest BCUT2D eigenvalue weighted by Crippen LogP contribution is -2.46. The van der Waals surface area contributed by atoms with E-state index >= 15 is 0 Å². The van der Waals surface area contributed by atoms with Gasteiger partial charge in [0, 0.05) is 29.9 Å². The minimum absolute atomic E-state index is 0.167. The molecule has 1 unspecified atom stereocenters. The Morgan fingerprint density at radius 1 is 1.48 bits per heavy atom. The van der Waals surface area contributed by atoms with Crippen LogP contribution in [0.2, 0.25) is 5.02 Å². The summed E-state index contributed by atoms with van der Waals surface area (Å²) in [5.41, 5.74) is 1.21. The molecule has 0 bridgehead atoms. The van der Waals surface area contributed by atoms with Gasteiger partial charge in [0.2, 0.25) is 0 Å². The van der Waals surface area contributed by atoms with Gasteiger partial charge < -0.3 is 15.3 Å². The van der Waals surface area contributed by atoms with Gasteiger partial charge in [-0.3, -0.25) is 4.99 Å². The quantitative estimate of drug-likeness (QED) is 0.629. The Balaban J connectivity index is 2.06. The molecule has 0 amide bonds. The summed E-state index contributed by atoms with van der Waals surface area (Å²) in [6.45, 7) is 5.35. The highest BCUT2D eigenvalue weighted by Crippen LogP contribution is 2.28. The van der Waals surface area contributed by atoms with Crippen LogP contribution >= 0.6 is 23.4 Å². The van der Waals surface area contributed by atoms with E-state index in [4.69, 9.17) is 16.6 Å². The number of thioether (sulfide) groups is 1. The highest BCUT2D eigenvalue weighted by Gasteiger charge is 2.20. The number of aliphatic imine (C=N–C) groups is 1. The summed E-state index contributed by atoms with van der Waals surface area (Å²) in [4.78, 5) is 7.07. The molecule has 4 nitrogen and oxygen atoms in total. The summed E-state index contributed by atoms with van der Waals surface area (Å²) in [6, 6.07) is 8.01. The fourth-order valence-electron chi connectivity index (χ4n) is 2.70. The number of nitrogens with zero attached hydrogens (tertiary/aromatic N) is 2. The number of piperidine rings is 1. The monoisotopic (exact) mass is 355 g/mol. The molecular weight excluding hydrogens is 330 g/mol. The lowest BCUT2D eigenvalue weighted by atomic mass is 10.1. The highest BCUT2D eigenvalue weighted by atomic mass is 35.5. The van der Waals surface area contributed by atoms with Crippen molar-refractivity contribution in [3.05, 3.63) is 34.9 Å². The van der Waals surface area contributed by atoms with Crippen molar-refractivity contribution >= 4 is 29.3 Å². The number of hydrogen-bond acceptors (Lipinski definition) is 3. The van der Waals surface area contributed by atoms with Gasteiger partial charge in [-0.2, -0.15) is 11.8 Å². The van der Waals surface area contributed by atoms with Gasteiger partial charge in [0.05, 0.1) is 12.6 Å². The van der Waals surface area contributed by atoms with Crippen molar-refractivity contribution in [3.63, 3.8) is 0 Å². The van der Waals surface area contributed by atoms with Gasteiger partial charge in [0.15, 0.2) is 5.96 Å². The zero-order chi connectivity index (χ0) is 16.7. The lowest BCUT2D eigenvalue weighted by Gasteiger charge is -2.32. The lowest BCUT2D eigenvalue weighted by molar-refractivity contribution is 0.108. The average molecular weight is 356 g/mol. The molecule has 2 rings (SSSR count). The SMILES string of the molecule is CCNC(=NCC(SC)c1cccc(Cl)c1)N1CCC(O)CC1. The van der Waals surface area contributed by atoms with Crippen molar-refractivity contribution in [2.24, 2.45) is 4.99 Å². The number of nitrogens with one attached hydrogen (secondary N) is 1. The third-order valence-corrected chi connectivity index (χ3v) is 5.24. The summed E-state index contributed by atoms with van der Waals surface area (Å²) < 4.78 is 0. The second-order valence-electron chi connectivity index (χ2n) is 5.69. The molecule has 1 heterocycles. The fourth-order valence-corrected chi connectivity index (χ4v) is 3.54. The largest absolute Gasteiger partial charge is 0.393 e. The van der Waals surface area contributed by atoms with Crippen LogP contribution in [0.25, 0.3) is 0 Å². The van der Waals surface area contributed by atoms with E-state index in [0.717, 1.165) is 43.5 Å². The molecule has 0 aromatic heterocycles. The molecule has 0 aliphatic carbocycles. The zero-order valence-electron chi connectivity index (χ0n) is 13.8. The first-order valence-corrected chi connectivity index (χ1v) is 9.80. The van der Waals surface area contributed by atoms with Crippen LogP contribution in [0, 0.1) is 0 Å². The first-order chi connectivity index (χ1) is 11.1. The molecule has 128 valence electrons. The molecule has 1 aromatic carbocycles.